The Hall–Kier alpha value is -6.78. The lowest BCUT2D eigenvalue weighted by atomic mass is 10.1. The third-order valence-corrected chi connectivity index (χ3v) is 9.46. The Morgan fingerprint density at radius 1 is 0.772 bits per heavy atom. The van der Waals surface area contributed by atoms with E-state index in [9.17, 15) is 24.3 Å². The number of nitrogens with zero attached hydrogens (tertiary/aromatic N) is 8. The number of benzene rings is 2. The zero-order valence-corrected chi connectivity index (χ0v) is 32.4. The van der Waals surface area contributed by atoms with Crippen LogP contribution in [0.3, 0.4) is 0 Å². The molecule has 5 heterocycles. The molecule has 17 heteroatoms. The molecule has 0 saturated carbocycles. The summed E-state index contributed by atoms with van der Waals surface area (Å²) in [5, 5.41) is 21.7. The average Bonchev–Trinajstić information content (AvgIpc) is 3.94. The zero-order chi connectivity index (χ0) is 40.4. The van der Waals surface area contributed by atoms with Crippen molar-refractivity contribution in [2.24, 2.45) is 0 Å². The number of carbonyl (C=O) groups is 4. The minimum absolute atomic E-state index is 0.0336. The van der Waals surface area contributed by atoms with Crippen LogP contribution in [0.5, 0.6) is 11.5 Å². The number of rotatable bonds is 10. The standard InChI is InChI=1S/C40H43N9O8/c1-6-48-29(16-23(4)44-48)31(50)22-34-41-27-19-26(39(54)55-8-3)21-33-35(27)46(34)12-9-10-13-47-36-28(18-25(38(52)53)20-32(36)56-14-11-15-57-33)42-40(47)43-37(51)30-17-24(5)45-49(30)7-2/h9-10,16-21H,6-8,11-15,22H2,1-5H3,(H,52,53)(H,42,43,51)/b10-9+. The maximum absolute atomic E-state index is 13.8. The number of hydrogen-bond donors (Lipinski definition) is 2. The molecule has 1 amide bonds. The topological polar surface area (TPSA) is 200 Å². The Morgan fingerprint density at radius 2 is 1.35 bits per heavy atom. The van der Waals surface area contributed by atoms with Gasteiger partial charge in [0, 0.05) is 32.6 Å². The fourth-order valence-corrected chi connectivity index (χ4v) is 6.95. The van der Waals surface area contributed by atoms with Crippen molar-refractivity contribution in [1.82, 2.24) is 38.7 Å². The van der Waals surface area contributed by atoms with Gasteiger partial charge in [0.15, 0.2) is 5.78 Å². The molecular formula is C40H43N9O8. The molecule has 0 spiro atoms. The predicted octanol–water partition coefficient (Wildman–Crippen LogP) is 5.41. The quantitative estimate of drug-likeness (QED) is 0.102. The Labute approximate surface area is 326 Å². The first-order chi connectivity index (χ1) is 27.5. The minimum Gasteiger partial charge on any atom is -0.491 e. The third-order valence-electron chi connectivity index (χ3n) is 9.46. The van der Waals surface area contributed by atoms with E-state index in [0.717, 1.165) is 5.69 Å². The lowest BCUT2D eigenvalue weighted by Gasteiger charge is -2.13. The van der Waals surface area contributed by atoms with Crippen LogP contribution in [0.4, 0.5) is 5.95 Å². The smallest absolute Gasteiger partial charge is 0.338 e. The van der Waals surface area contributed by atoms with Crippen molar-refractivity contribution in [3.63, 3.8) is 0 Å². The van der Waals surface area contributed by atoms with E-state index in [1.54, 1.807) is 52.0 Å². The molecule has 1 aliphatic rings. The molecule has 6 aromatic rings. The van der Waals surface area contributed by atoms with E-state index in [-0.39, 0.29) is 67.9 Å². The van der Waals surface area contributed by atoms with Crippen molar-refractivity contribution in [2.75, 3.05) is 25.1 Å². The molecule has 57 heavy (non-hydrogen) atoms. The Balaban J connectivity index is 1.32. The van der Waals surface area contributed by atoms with E-state index in [0.29, 0.717) is 70.2 Å². The number of esters is 1. The molecule has 0 fully saturated rings. The summed E-state index contributed by atoms with van der Waals surface area (Å²) in [6.45, 7) is 11.0. The Morgan fingerprint density at radius 3 is 2.00 bits per heavy atom. The number of amides is 1. The van der Waals surface area contributed by atoms with Gasteiger partial charge in [-0.2, -0.15) is 10.2 Å². The second-order valence-electron chi connectivity index (χ2n) is 13.4. The van der Waals surface area contributed by atoms with E-state index in [1.807, 2.05) is 37.5 Å². The molecule has 296 valence electrons. The second-order valence-corrected chi connectivity index (χ2v) is 13.4. The number of aromatic nitrogens is 8. The number of nitrogens with one attached hydrogen (secondary N) is 1. The van der Waals surface area contributed by atoms with Crippen molar-refractivity contribution in [1.29, 1.82) is 0 Å². The van der Waals surface area contributed by atoms with Gasteiger partial charge in [-0.1, -0.05) is 12.2 Å². The maximum atomic E-state index is 13.8. The highest BCUT2D eigenvalue weighted by Gasteiger charge is 2.25. The number of imidazole rings is 2. The van der Waals surface area contributed by atoms with Gasteiger partial charge in [-0.15, -0.1) is 0 Å². The number of Topliss-reactive ketones (excluding diaryl/α,β-unsaturated/α-hetero) is 1. The van der Waals surface area contributed by atoms with Gasteiger partial charge in [-0.05, 0) is 71.0 Å². The van der Waals surface area contributed by atoms with E-state index in [1.165, 1.54) is 12.1 Å². The number of aryl methyl sites for hydroxylation is 4. The first kappa shape index (κ1) is 38.5. The summed E-state index contributed by atoms with van der Waals surface area (Å²) in [4.78, 5) is 62.2. The normalized spacial score (nSPS) is 13.7. The van der Waals surface area contributed by atoms with Crippen molar-refractivity contribution < 1.29 is 38.5 Å². The summed E-state index contributed by atoms with van der Waals surface area (Å²) in [5.41, 5.74) is 4.26. The minimum atomic E-state index is -1.16. The van der Waals surface area contributed by atoms with Gasteiger partial charge in [-0.25, -0.2) is 19.6 Å². The van der Waals surface area contributed by atoms with Crippen LogP contribution >= 0.6 is 0 Å². The number of aromatic carboxylic acids is 1. The largest absolute Gasteiger partial charge is 0.491 e. The lowest BCUT2D eigenvalue weighted by molar-refractivity contribution is 0.0525. The molecule has 0 bridgehead atoms. The van der Waals surface area contributed by atoms with Crippen LogP contribution < -0.4 is 14.8 Å². The highest BCUT2D eigenvalue weighted by atomic mass is 16.5. The van der Waals surface area contributed by atoms with Crippen LogP contribution in [-0.4, -0.2) is 87.2 Å². The van der Waals surface area contributed by atoms with Gasteiger partial charge >= 0.3 is 11.9 Å². The second kappa shape index (κ2) is 16.1. The number of anilines is 1. The molecule has 0 aliphatic carbocycles. The summed E-state index contributed by atoms with van der Waals surface area (Å²) >= 11 is 0. The summed E-state index contributed by atoms with van der Waals surface area (Å²) < 4.78 is 24.8. The molecular weight excluding hydrogens is 734 g/mol. The van der Waals surface area contributed by atoms with E-state index >= 15 is 0 Å². The average molecular weight is 778 g/mol. The van der Waals surface area contributed by atoms with Gasteiger partial charge in [0.05, 0.1) is 59.8 Å². The van der Waals surface area contributed by atoms with Crippen molar-refractivity contribution in [3.05, 3.63) is 88.3 Å². The predicted molar refractivity (Wildman–Crippen MR) is 208 cm³/mol. The summed E-state index contributed by atoms with van der Waals surface area (Å²) in [6.07, 6.45) is 4.06. The molecule has 0 radical (unpaired) electrons. The third kappa shape index (κ3) is 7.72. The van der Waals surface area contributed by atoms with E-state index in [2.05, 4.69) is 20.5 Å². The van der Waals surface area contributed by atoms with Crippen LogP contribution in [0.25, 0.3) is 22.1 Å². The molecule has 2 N–H and O–H groups in total. The van der Waals surface area contributed by atoms with Crippen LogP contribution in [-0.2, 0) is 37.3 Å². The summed E-state index contributed by atoms with van der Waals surface area (Å²) in [5.74, 6) is -1.05. The number of ether oxygens (including phenoxy) is 3. The molecule has 2 aromatic carbocycles. The van der Waals surface area contributed by atoms with Gasteiger partial charge in [-0.3, -0.25) is 24.3 Å². The molecule has 1 aliphatic heterocycles. The van der Waals surface area contributed by atoms with Gasteiger partial charge in [0.1, 0.15) is 39.7 Å². The summed E-state index contributed by atoms with van der Waals surface area (Å²) in [6, 6.07) is 9.56. The lowest BCUT2D eigenvalue weighted by Crippen LogP contribution is -2.20. The number of carbonyl (C=O) groups excluding carboxylic acids is 3. The molecule has 4 aromatic heterocycles. The monoisotopic (exact) mass is 777 g/mol. The van der Waals surface area contributed by atoms with Gasteiger partial charge in [0.2, 0.25) is 5.95 Å². The summed E-state index contributed by atoms with van der Waals surface area (Å²) in [7, 11) is 0. The number of hydrogen-bond acceptors (Lipinski definition) is 11. The van der Waals surface area contributed by atoms with E-state index in [4.69, 9.17) is 19.2 Å². The van der Waals surface area contributed by atoms with Crippen LogP contribution in [0, 0.1) is 13.8 Å². The number of carboxylic acid groups (broad SMARTS) is 1. The first-order valence-corrected chi connectivity index (χ1v) is 18.8. The van der Waals surface area contributed by atoms with Crippen molar-refractivity contribution >= 4 is 51.6 Å². The number of ketones is 1. The molecule has 7 rings (SSSR count). The fourth-order valence-electron chi connectivity index (χ4n) is 6.95. The van der Waals surface area contributed by atoms with Crippen LogP contribution in [0.15, 0.2) is 48.6 Å². The SMILES string of the molecule is CCOC(=O)c1cc2c3c(c1)nc(CC(=O)c1cc(C)nn1CC)n3C/C=C/Cn1c(NC(=O)c3cc(C)nn3CC)nc3cc(C(=O)O)cc(c31)OCCCO2. The molecule has 0 unspecified atom stereocenters. The first-order valence-electron chi connectivity index (χ1n) is 18.8. The van der Waals surface area contributed by atoms with Crippen LogP contribution in [0.1, 0.15) is 86.1 Å². The zero-order valence-electron chi connectivity index (χ0n) is 32.4. The number of carboxylic acids is 1. The van der Waals surface area contributed by atoms with E-state index < -0.39 is 17.8 Å². The Bertz CT molecular complexity index is 2570. The van der Waals surface area contributed by atoms with Crippen molar-refractivity contribution in [2.45, 2.75) is 73.6 Å². The van der Waals surface area contributed by atoms with Crippen LogP contribution in [0.2, 0.25) is 0 Å². The van der Waals surface area contributed by atoms with Crippen molar-refractivity contribution in [3.8, 4) is 11.5 Å². The fraction of sp³-hybridized carbons (Fsp3) is 0.350. The molecule has 0 saturated heterocycles. The van der Waals surface area contributed by atoms with Gasteiger partial charge < -0.3 is 28.5 Å². The Kier molecular flexibility index (Phi) is 10.9. The molecule has 17 nitrogen and oxygen atoms in total. The number of allylic oxidation sites excluding steroid dienone is 2. The highest BCUT2D eigenvalue weighted by molar-refractivity contribution is 6.04. The van der Waals surface area contributed by atoms with Gasteiger partial charge in [0.25, 0.3) is 5.91 Å². The highest BCUT2D eigenvalue weighted by Crippen LogP contribution is 2.33. The molecule has 0 atom stereocenters. The maximum Gasteiger partial charge on any atom is 0.338 e.